The van der Waals surface area contributed by atoms with Crippen molar-refractivity contribution in [2.45, 2.75) is 6.54 Å². The van der Waals surface area contributed by atoms with Gasteiger partial charge in [0, 0.05) is 16.7 Å². The summed E-state index contributed by atoms with van der Waals surface area (Å²) in [5, 5.41) is 5.08. The zero-order chi connectivity index (χ0) is 28.1. The molecule has 0 bridgehead atoms. The molecule has 39 heavy (non-hydrogen) atoms. The van der Waals surface area contributed by atoms with Gasteiger partial charge < -0.3 is 29.3 Å². The highest BCUT2D eigenvalue weighted by Gasteiger charge is 2.35. The third-order valence-corrected chi connectivity index (χ3v) is 5.61. The first-order chi connectivity index (χ1) is 18.7. The Hall–Kier alpha value is -4.84. The number of nitrogens with one attached hydrogen (secondary N) is 2. The van der Waals surface area contributed by atoms with Gasteiger partial charge in [0.25, 0.3) is 11.8 Å². The molecule has 2 heterocycles. The Morgan fingerprint density at radius 1 is 1.15 bits per heavy atom. The van der Waals surface area contributed by atoms with Gasteiger partial charge in [-0.15, -0.1) is 0 Å². The number of imide groups is 1. The second-order valence-corrected chi connectivity index (χ2v) is 8.42. The monoisotopic (exact) mass is 557 g/mol. The topological polar surface area (TPSA) is 136 Å². The summed E-state index contributed by atoms with van der Waals surface area (Å²) in [5.41, 5.74) is 0.0744. The summed E-state index contributed by atoms with van der Waals surface area (Å²) < 4.78 is 34.8. The molecule has 2 N–H and O–H groups in total. The number of esters is 1. The molecule has 1 aliphatic heterocycles. The van der Waals surface area contributed by atoms with Gasteiger partial charge in [0.2, 0.25) is 5.76 Å². The van der Waals surface area contributed by atoms with Crippen molar-refractivity contribution in [3.63, 3.8) is 0 Å². The van der Waals surface area contributed by atoms with Gasteiger partial charge in [0.05, 0.1) is 26.5 Å². The number of benzene rings is 2. The molecule has 0 unspecified atom stereocenters. The van der Waals surface area contributed by atoms with Crippen LogP contribution in [0, 0.1) is 5.82 Å². The third kappa shape index (κ3) is 6.18. The average molecular weight is 558 g/mol. The van der Waals surface area contributed by atoms with Crippen molar-refractivity contribution in [1.82, 2.24) is 10.2 Å². The molecule has 202 valence electrons. The molecule has 11 nitrogen and oxygen atoms in total. The lowest BCUT2D eigenvalue weighted by atomic mass is 10.1. The number of urea groups is 1. The fourth-order valence-corrected chi connectivity index (χ4v) is 3.81. The summed E-state index contributed by atoms with van der Waals surface area (Å²) in [5.74, 6) is -2.38. The maximum Gasteiger partial charge on any atom is 0.373 e. The predicted molar refractivity (Wildman–Crippen MR) is 136 cm³/mol. The van der Waals surface area contributed by atoms with Crippen LogP contribution in [-0.2, 0) is 20.9 Å². The van der Waals surface area contributed by atoms with E-state index in [0.29, 0.717) is 0 Å². The molecule has 0 radical (unpaired) electrons. The number of para-hydroxylation sites is 1. The van der Waals surface area contributed by atoms with Crippen LogP contribution in [0.4, 0.5) is 14.9 Å². The standard InChI is InChI=1S/C26H21ClFN3O8/c1-36-21-11-15(27)9-14(23(21)38-13-22(32)29-18-6-4-3-5-17(18)28)10-19-24(33)31(26(35)30-19)12-16-7-8-20(39-16)25(34)37-2/h3-11H,12-13H2,1-2H3,(H,29,32)(H,30,35)/b19-10-. The first-order valence-electron chi connectivity index (χ1n) is 11.3. The second kappa shape index (κ2) is 11.7. The van der Waals surface area contributed by atoms with E-state index in [1.54, 1.807) is 6.07 Å². The zero-order valence-electron chi connectivity index (χ0n) is 20.6. The molecule has 1 aromatic heterocycles. The van der Waals surface area contributed by atoms with Crippen LogP contribution in [0.5, 0.6) is 11.5 Å². The fourth-order valence-electron chi connectivity index (χ4n) is 3.59. The van der Waals surface area contributed by atoms with Gasteiger partial charge in [-0.05, 0) is 36.4 Å². The highest BCUT2D eigenvalue weighted by molar-refractivity contribution is 6.31. The Morgan fingerprint density at radius 2 is 1.92 bits per heavy atom. The van der Waals surface area contributed by atoms with Gasteiger partial charge in [-0.25, -0.2) is 14.0 Å². The third-order valence-electron chi connectivity index (χ3n) is 5.39. The molecule has 0 saturated carbocycles. The molecule has 0 atom stereocenters. The van der Waals surface area contributed by atoms with E-state index < -0.39 is 36.2 Å². The van der Waals surface area contributed by atoms with Crippen molar-refractivity contribution in [2.75, 3.05) is 26.1 Å². The maximum atomic E-state index is 13.9. The number of anilines is 1. The fraction of sp³-hybridized carbons (Fsp3) is 0.154. The van der Waals surface area contributed by atoms with Crippen molar-refractivity contribution >= 4 is 47.2 Å². The highest BCUT2D eigenvalue weighted by Crippen LogP contribution is 2.36. The van der Waals surface area contributed by atoms with Crippen molar-refractivity contribution in [3.05, 3.63) is 82.2 Å². The van der Waals surface area contributed by atoms with Gasteiger partial charge in [-0.2, -0.15) is 0 Å². The molecule has 1 fully saturated rings. The number of carbonyl (C=O) groups excluding carboxylic acids is 4. The summed E-state index contributed by atoms with van der Waals surface area (Å²) in [6.45, 7) is -0.784. The molecular weight excluding hydrogens is 537 g/mol. The van der Waals surface area contributed by atoms with Crippen LogP contribution in [0.2, 0.25) is 5.02 Å². The van der Waals surface area contributed by atoms with Gasteiger partial charge in [-0.1, -0.05) is 23.7 Å². The SMILES string of the molecule is COC(=O)c1ccc(CN2C(=O)N/C(=C\c3cc(Cl)cc(OC)c3OCC(=O)Nc3ccccc3F)C2=O)o1. The molecule has 3 aromatic rings. The minimum atomic E-state index is -0.733. The maximum absolute atomic E-state index is 13.9. The Kier molecular flexibility index (Phi) is 8.15. The predicted octanol–water partition coefficient (Wildman–Crippen LogP) is 3.98. The first kappa shape index (κ1) is 27.2. The number of carbonyl (C=O) groups is 4. The van der Waals surface area contributed by atoms with Crippen molar-refractivity contribution in [3.8, 4) is 11.5 Å². The van der Waals surface area contributed by atoms with Crippen molar-refractivity contribution in [1.29, 1.82) is 0 Å². The Bertz CT molecular complexity index is 1490. The number of hydrogen-bond acceptors (Lipinski definition) is 8. The number of furan rings is 1. The van der Waals surface area contributed by atoms with E-state index in [0.717, 1.165) is 4.90 Å². The largest absolute Gasteiger partial charge is 0.493 e. The number of halogens is 2. The van der Waals surface area contributed by atoms with E-state index >= 15 is 0 Å². The summed E-state index contributed by atoms with van der Waals surface area (Å²) >= 11 is 6.20. The molecule has 1 aliphatic rings. The molecule has 0 spiro atoms. The quantitative estimate of drug-likeness (QED) is 0.229. The summed E-state index contributed by atoms with van der Waals surface area (Å²) in [7, 11) is 2.54. The number of rotatable bonds is 9. The summed E-state index contributed by atoms with van der Waals surface area (Å²) in [4.78, 5) is 50.4. The highest BCUT2D eigenvalue weighted by atomic mass is 35.5. The van der Waals surface area contributed by atoms with Crippen LogP contribution >= 0.6 is 11.6 Å². The van der Waals surface area contributed by atoms with Crippen molar-refractivity contribution in [2.24, 2.45) is 0 Å². The molecule has 2 aromatic carbocycles. The van der Waals surface area contributed by atoms with Crippen LogP contribution in [0.15, 0.2) is 58.6 Å². The van der Waals surface area contributed by atoms with E-state index in [4.69, 9.17) is 25.5 Å². The van der Waals surface area contributed by atoms with E-state index in [1.807, 2.05) is 0 Å². The molecule has 4 rings (SSSR count). The lowest BCUT2D eigenvalue weighted by Crippen LogP contribution is -2.30. The van der Waals surface area contributed by atoms with Crippen LogP contribution < -0.4 is 20.1 Å². The molecule has 4 amide bonds. The number of nitrogens with zero attached hydrogens (tertiary/aromatic N) is 1. The minimum absolute atomic E-state index is 0.0221. The summed E-state index contributed by atoms with van der Waals surface area (Å²) in [6.07, 6.45) is 1.31. The normalized spacial score (nSPS) is 13.8. The summed E-state index contributed by atoms with van der Waals surface area (Å²) in [6, 6.07) is 10.6. The number of amides is 4. The smallest absolute Gasteiger partial charge is 0.373 e. The minimum Gasteiger partial charge on any atom is -0.493 e. The first-order valence-corrected chi connectivity index (χ1v) is 11.6. The lowest BCUT2D eigenvalue weighted by Gasteiger charge is -2.15. The van der Waals surface area contributed by atoms with Gasteiger partial charge in [-0.3, -0.25) is 14.5 Å². The van der Waals surface area contributed by atoms with E-state index in [-0.39, 0.29) is 51.5 Å². The second-order valence-electron chi connectivity index (χ2n) is 7.98. The average Bonchev–Trinajstić information content (AvgIpc) is 3.49. The van der Waals surface area contributed by atoms with Crippen LogP contribution in [0.25, 0.3) is 6.08 Å². The van der Waals surface area contributed by atoms with E-state index in [9.17, 15) is 23.6 Å². The van der Waals surface area contributed by atoms with E-state index in [1.165, 1.54) is 62.8 Å². The van der Waals surface area contributed by atoms with Crippen molar-refractivity contribution < 1.29 is 42.2 Å². The number of hydrogen-bond donors (Lipinski definition) is 2. The Balaban J connectivity index is 1.54. The number of ether oxygens (including phenoxy) is 3. The van der Waals surface area contributed by atoms with Crippen LogP contribution in [0.1, 0.15) is 21.9 Å². The Labute approximate surface area is 226 Å². The molecular formula is C26H21ClFN3O8. The van der Waals surface area contributed by atoms with Crippen LogP contribution in [0.3, 0.4) is 0 Å². The lowest BCUT2D eigenvalue weighted by molar-refractivity contribution is -0.123. The molecule has 0 aliphatic carbocycles. The van der Waals surface area contributed by atoms with Gasteiger partial charge in [0.1, 0.15) is 17.3 Å². The molecule has 13 heteroatoms. The van der Waals surface area contributed by atoms with Crippen LogP contribution in [-0.4, -0.2) is 49.5 Å². The Morgan fingerprint density at radius 3 is 2.64 bits per heavy atom. The molecule has 1 saturated heterocycles. The van der Waals surface area contributed by atoms with Gasteiger partial charge >= 0.3 is 12.0 Å². The van der Waals surface area contributed by atoms with E-state index in [2.05, 4.69) is 15.4 Å². The number of methoxy groups -OCH3 is 2. The zero-order valence-corrected chi connectivity index (χ0v) is 21.3. The van der Waals surface area contributed by atoms with Gasteiger partial charge in [0.15, 0.2) is 18.1 Å².